The summed E-state index contributed by atoms with van der Waals surface area (Å²) in [4.78, 5) is 31.2. The molecule has 2 aromatic heterocycles. The van der Waals surface area contributed by atoms with Crippen molar-refractivity contribution < 1.29 is 9.59 Å². The van der Waals surface area contributed by atoms with Gasteiger partial charge in [0.05, 0.1) is 22.7 Å². The van der Waals surface area contributed by atoms with Crippen LogP contribution in [0.1, 0.15) is 22.5 Å². The predicted octanol–water partition coefficient (Wildman–Crippen LogP) is 2.63. The molecule has 1 atom stereocenters. The molecule has 0 bridgehead atoms. The van der Waals surface area contributed by atoms with Gasteiger partial charge in [-0.1, -0.05) is 6.07 Å². The Labute approximate surface area is 133 Å². The Morgan fingerprint density at radius 3 is 2.95 bits per heavy atom. The van der Waals surface area contributed by atoms with Crippen molar-refractivity contribution in [3.63, 3.8) is 0 Å². The van der Waals surface area contributed by atoms with Crippen molar-refractivity contribution in [1.82, 2.24) is 9.88 Å². The fourth-order valence-corrected chi connectivity index (χ4v) is 3.30. The number of rotatable bonds is 3. The minimum atomic E-state index is -0.169. The van der Waals surface area contributed by atoms with Gasteiger partial charge in [-0.05, 0) is 36.4 Å². The van der Waals surface area contributed by atoms with E-state index in [9.17, 15) is 9.59 Å². The van der Waals surface area contributed by atoms with Crippen molar-refractivity contribution >= 4 is 28.8 Å². The van der Waals surface area contributed by atoms with E-state index >= 15 is 0 Å². The number of nitrogens with zero attached hydrogens (tertiary/aromatic N) is 2. The molecular weight excluding hydrogens is 298 g/mol. The van der Waals surface area contributed by atoms with E-state index in [1.165, 1.54) is 11.3 Å². The number of piperidine rings is 1. The number of carbonyl (C=O) groups excluding carboxylic acids is 2. The molecule has 0 saturated carbocycles. The number of nitrogens with one attached hydrogen (secondary N) is 1. The summed E-state index contributed by atoms with van der Waals surface area (Å²) in [5.41, 5.74) is 0.689. The lowest BCUT2D eigenvalue weighted by Crippen LogP contribution is -2.43. The van der Waals surface area contributed by atoms with E-state index in [1.54, 1.807) is 23.4 Å². The Hall–Kier alpha value is -2.21. The van der Waals surface area contributed by atoms with Crippen molar-refractivity contribution in [2.45, 2.75) is 12.8 Å². The first kappa shape index (κ1) is 14.7. The molecule has 0 unspecified atom stereocenters. The number of likely N-dealkylation sites (tertiary alicyclic amines) is 1. The van der Waals surface area contributed by atoms with Gasteiger partial charge in [0.15, 0.2) is 0 Å². The van der Waals surface area contributed by atoms with Crippen molar-refractivity contribution in [3.05, 3.63) is 46.9 Å². The van der Waals surface area contributed by atoms with Crippen LogP contribution in [0, 0.1) is 5.92 Å². The highest BCUT2D eigenvalue weighted by molar-refractivity contribution is 7.12. The Balaban J connectivity index is 1.63. The van der Waals surface area contributed by atoms with E-state index in [2.05, 4.69) is 10.3 Å². The molecule has 0 aromatic carbocycles. The second-order valence-corrected chi connectivity index (χ2v) is 6.25. The van der Waals surface area contributed by atoms with Gasteiger partial charge >= 0.3 is 0 Å². The van der Waals surface area contributed by atoms with Crippen LogP contribution in [-0.4, -0.2) is 34.8 Å². The highest BCUT2D eigenvalue weighted by Gasteiger charge is 2.29. The number of carbonyl (C=O) groups is 2. The molecule has 3 rings (SSSR count). The van der Waals surface area contributed by atoms with Gasteiger partial charge in [-0.25, -0.2) is 0 Å². The molecule has 1 aliphatic heterocycles. The molecule has 1 N–H and O–H groups in total. The van der Waals surface area contributed by atoms with Crippen LogP contribution in [0.4, 0.5) is 5.69 Å². The molecule has 5 nitrogen and oxygen atoms in total. The van der Waals surface area contributed by atoms with Crippen LogP contribution in [0.3, 0.4) is 0 Å². The number of hydrogen-bond acceptors (Lipinski definition) is 4. The van der Waals surface area contributed by atoms with Crippen molar-refractivity contribution in [3.8, 4) is 0 Å². The van der Waals surface area contributed by atoms with Crippen LogP contribution >= 0.6 is 11.3 Å². The third-order valence-electron chi connectivity index (χ3n) is 3.74. The largest absolute Gasteiger partial charge is 0.337 e. The maximum Gasteiger partial charge on any atom is 0.263 e. The van der Waals surface area contributed by atoms with Crippen molar-refractivity contribution in [1.29, 1.82) is 0 Å². The molecule has 1 saturated heterocycles. The summed E-state index contributed by atoms with van der Waals surface area (Å²) < 4.78 is 0. The van der Waals surface area contributed by atoms with E-state index in [0.717, 1.165) is 17.7 Å². The number of anilines is 1. The smallest absolute Gasteiger partial charge is 0.263 e. The van der Waals surface area contributed by atoms with E-state index in [1.807, 2.05) is 23.6 Å². The van der Waals surface area contributed by atoms with Gasteiger partial charge in [0.1, 0.15) is 0 Å². The van der Waals surface area contributed by atoms with E-state index < -0.39 is 0 Å². The quantitative estimate of drug-likeness (QED) is 0.947. The zero-order valence-electron chi connectivity index (χ0n) is 12.1. The van der Waals surface area contributed by atoms with Crippen LogP contribution in [0.2, 0.25) is 0 Å². The minimum Gasteiger partial charge on any atom is -0.337 e. The van der Waals surface area contributed by atoms with Gasteiger partial charge in [-0.2, -0.15) is 0 Å². The molecule has 2 aromatic rings. The Morgan fingerprint density at radius 1 is 1.32 bits per heavy atom. The zero-order chi connectivity index (χ0) is 15.4. The molecule has 0 spiro atoms. The number of aromatic nitrogens is 1. The lowest BCUT2D eigenvalue weighted by molar-refractivity contribution is -0.121. The lowest BCUT2D eigenvalue weighted by atomic mass is 9.97. The summed E-state index contributed by atoms with van der Waals surface area (Å²) in [5, 5.41) is 4.76. The molecule has 0 radical (unpaired) electrons. The summed E-state index contributed by atoms with van der Waals surface area (Å²) in [6.45, 7) is 1.19. The first-order chi connectivity index (χ1) is 10.7. The summed E-state index contributed by atoms with van der Waals surface area (Å²) in [6, 6.07) is 7.28. The number of pyridine rings is 1. The lowest BCUT2D eigenvalue weighted by Gasteiger charge is -2.31. The van der Waals surface area contributed by atoms with Gasteiger partial charge in [0.25, 0.3) is 5.91 Å². The summed E-state index contributed by atoms with van der Waals surface area (Å²) in [5.74, 6) is -0.191. The predicted molar refractivity (Wildman–Crippen MR) is 85.8 cm³/mol. The highest BCUT2D eigenvalue weighted by atomic mass is 32.1. The van der Waals surface area contributed by atoms with Gasteiger partial charge in [-0.15, -0.1) is 11.3 Å². The summed E-state index contributed by atoms with van der Waals surface area (Å²) >= 11 is 1.44. The second-order valence-electron chi connectivity index (χ2n) is 5.30. The fourth-order valence-electron chi connectivity index (χ4n) is 2.61. The molecule has 2 amide bonds. The molecular formula is C16H17N3O2S. The highest BCUT2D eigenvalue weighted by Crippen LogP contribution is 2.21. The Kier molecular flexibility index (Phi) is 4.48. The first-order valence-corrected chi connectivity index (χ1v) is 8.15. The van der Waals surface area contributed by atoms with Gasteiger partial charge in [0, 0.05) is 19.3 Å². The average Bonchev–Trinajstić information content (AvgIpc) is 3.09. The van der Waals surface area contributed by atoms with Gasteiger partial charge in [-0.3, -0.25) is 14.6 Å². The zero-order valence-corrected chi connectivity index (χ0v) is 12.9. The van der Waals surface area contributed by atoms with Crippen LogP contribution in [0.25, 0.3) is 0 Å². The molecule has 114 valence electrons. The topological polar surface area (TPSA) is 62.3 Å². The molecule has 22 heavy (non-hydrogen) atoms. The van der Waals surface area contributed by atoms with Crippen LogP contribution in [-0.2, 0) is 4.79 Å². The SMILES string of the molecule is O=C(Nc1cccnc1)[C@@H]1CCCN(C(=O)c2cccs2)C1. The number of hydrogen-bond donors (Lipinski definition) is 1. The number of thiophene rings is 1. The van der Waals surface area contributed by atoms with Crippen LogP contribution in [0.15, 0.2) is 42.0 Å². The van der Waals surface area contributed by atoms with Crippen LogP contribution in [0.5, 0.6) is 0 Å². The normalized spacial score (nSPS) is 18.0. The van der Waals surface area contributed by atoms with Crippen molar-refractivity contribution in [2.75, 3.05) is 18.4 Å². The molecule has 6 heteroatoms. The monoisotopic (exact) mass is 315 g/mol. The molecule has 3 heterocycles. The standard InChI is InChI=1S/C16H17N3O2S/c20-15(18-13-5-1-7-17-10-13)12-4-2-8-19(11-12)16(21)14-6-3-9-22-14/h1,3,5-7,9-10,12H,2,4,8,11H2,(H,18,20)/t12-/m1/s1. The Bertz CT molecular complexity index is 643. The minimum absolute atomic E-state index is 0.0221. The third-order valence-corrected chi connectivity index (χ3v) is 4.60. The molecule has 1 fully saturated rings. The Morgan fingerprint density at radius 2 is 2.23 bits per heavy atom. The fraction of sp³-hybridized carbons (Fsp3) is 0.312. The molecule has 1 aliphatic rings. The maximum atomic E-state index is 12.4. The maximum absolute atomic E-state index is 12.4. The number of amides is 2. The van der Waals surface area contributed by atoms with Gasteiger partial charge in [0.2, 0.25) is 5.91 Å². The second kappa shape index (κ2) is 6.70. The molecule has 0 aliphatic carbocycles. The van der Waals surface area contributed by atoms with Crippen LogP contribution < -0.4 is 5.32 Å². The summed E-state index contributed by atoms with van der Waals surface area (Å²) in [7, 11) is 0. The third kappa shape index (κ3) is 3.33. The van der Waals surface area contributed by atoms with E-state index in [4.69, 9.17) is 0 Å². The first-order valence-electron chi connectivity index (χ1n) is 7.28. The summed E-state index contributed by atoms with van der Waals surface area (Å²) in [6.07, 6.45) is 4.94. The van der Waals surface area contributed by atoms with E-state index in [-0.39, 0.29) is 17.7 Å². The van der Waals surface area contributed by atoms with Gasteiger partial charge < -0.3 is 10.2 Å². The van der Waals surface area contributed by atoms with E-state index in [0.29, 0.717) is 18.8 Å². The average molecular weight is 315 g/mol. The van der Waals surface area contributed by atoms with Crippen molar-refractivity contribution in [2.24, 2.45) is 5.92 Å².